The minimum Gasteiger partial charge on any atom is -0.493 e. The van der Waals surface area contributed by atoms with Crippen molar-refractivity contribution >= 4 is 17.2 Å². The van der Waals surface area contributed by atoms with Crippen LogP contribution >= 0.6 is 12.2 Å². The fraction of sp³-hybridized carbons (Fsp3) is 0.267. The number of hydrogen-bond acceptors (Lipinski definition) is 5. The minimum absolute atomic E-state index is 0.516. The van der Waals surface area contributed by atoms with E-state index in [4.69, 9.17) is 30.8 Å². The summed E-state index contributed by atoms with van der Waals surface area (Å²) in [5, 5.41) is 3.13. The van der Waals surface area contributed by atoms with Gasteiger partial charge in [0.05, 0.1) is 34.1 Å². The molecule has 112 valence electrons. The number of benzene rings is 1. The van der Waals surface area contributed by atoms with Crippen molar-refractivity contribution in [3.63, 3.8) is 0 Å². The Bertz CT molecular complexity index is 585. The molecule has 0 bridgehead atoms. The molecule has 0 spiro atoms. The molecule has 0 amide bonds. The molecule has 0 radical (unpaired) electrons. The van der Waals surface area contributed by atoms with Crippen molar-refractivity contribution < 1.29 is 18.6 Å². The van der Waals surface area contributed by atoms with Crippen LogP contribution in [0, 0.1) is 0 Å². The van der Waals surface area contributed by atoms with Crippen molar-refractivity contribution in [2.75, 3.05) is 21.3 Å². The Morgan fingerprint density at radius 2 is 1.81 bits per heavy atom. The summed E-state index contributed by atoms with van der Waals surface area (Å²) >= 11 is 5.38. The quantitative estimate of drug-likeness (QED) is 0.828. The van der Waals surface area contributed by atoms with Crippen LogP contribution in [0.1, 0.15) is 11.3 Å². The molecule has 1 heterocycles. The third kappa shape index (κ3) is 3.46. The Morgan fingerprint density at radius 3 is 2.29 bits per heavy atom. The number of hydrogen-bond donors (Lipinski definition) is 1. The molecule has 1 N–H and O–H groups in total. The summed E-state index contributed by atoms with van der Waals surface area (Å²) in [4.78, 5) is 0.575. The summed E-state index contributed by atoms with van der Waals surface area (Å²) in [5.74, 6) is 2.48. The van der Waals surface area contributed by atoms with Crippen molar-refractivity contribution in [1.29, 1.82) is 0 Å². The molecule has 1 aromatic carbocycles. The van der Waals surface area contributed by atoms with Crippen molar-refractivity contribution in [1.82, 2.24) is 5.32 Å². The van der Waals surface area contributed by atoms with Gasteiger partial charge in [0, 0.05) is 5.56 Å². The second-order valence-electron chi connectivity index (χ2n) is 4.18. The molecule has 6 heteroatoms. The van der Waals surface area contributed by atoms with E-state index in [1.54, 1.807) is 39.7 Å². The molecule has 0 saturated carbocycles. The van der Waals surface area contributed by atoms with Crippen LogP contribution in [0.4, 0.5) is 0 Å². The van der Waals surface area contributed by atoms with Crippen molar-refractivity contribution in [2.45, 2.75) is 6.54 Å². The zero-order chi connectivity index (χ0) is 15.2. The zero-order valence-electron chi connectivity index (χ0n) is 12.1. The molecule has 2 aromatic rings. The third-order valence-corrected chi connectivity index (χ3v) is 3.31. The van der Waals surface area contributed by atoms with Crippen molar-refractivity contribution in [3.05, 3.63) is 41.9 Å². The highest BCUT2D eigenvalue weighted by atomic mass is 32.1. The lowest BCUT2D eigenvalue weighted by atomic mass is 10.1. The van der Waals surface area contributed by atoms with Gasteiger partial charge in [-0.05, 0) is 24.3 Å². The van der Waals surface area contributed by atoms with Gasteiger partial charge in [0.1, 0.15) is 10.7 Å². The average molecular weight is 307 g/mol. The Hall–Kier alpha value is -2.21. The Labute approximate surface area is 128 Å². The molecule has 0 unspecified atom stereocenters. The first-order chi connectivity index (χ1) is 10.2. The first-order valence-electron chi connectivity index (χ1n) is 6.30. The van der Waals surface area contributed by atoms with Crippen LogP contribution in [0.3, 0.4) is 0 Å². The molecular formula is C15H17NO4S. The minimum atomic E-state index is 0.516. The highest BCUT2D eigenvalue weighted by Gasteiger charge is 2.15. The summed E-state index contributed by atoms with van der Waals surface area (Å²) in [7, 11) is 4.70. The lowest BCUT2D eigenvalue weighted by Crippen LogP contribution is -2.21. The molecule has 0 atom stereocenters. The van der Waals surface area contributed by atoms with E-state index < -0.39 is 0 Å². The molecule has 0 aliphatic carbocycles. The fourth-order valence-corrected chi connectivity index (χ4v) is 2.08. The van der Waals surface area contributed by atoms with Gasteiger partial charge < -0.3 is 23.9 Å². The zero-order valence-corrected chi connectivity index (χ0v) is 13.0. The summed E-state index contributed by atoms with van der Waals surface area (Å²) in [6.07, 6.45) is 1.62. The fourth-order valence-electron chi connectivity index (χ4n) is 1.89. The van der Waals surface area contributed by atoms with Gasteiger partial charge in [-0.3, -0.25) is 0 Å². The van der Waals surface area contributed by atoms with E-state index in [0.717, 1.165) is 11.3 Å². The van der Waals surface area contributed by atoms with E-state index in [9.17, 15) is 0 Å². The monoisotopic (exact) mass is 307 g/mol. The topological polar surface area (TPSA) is 52.9 Å². The molecule has 0 aliphatic rings. The smallest absolute Gasteiger partial charge is 0.203 e. The van der Waals surface area contributed by atoms with Gasteiger partial charge in [0.2, 0.25) is 5.75 Å². The lowest BCUT2D eigenvalue weighted by molar-refractivity contribution is 0.324. The molecule has 2 rings (SSSR count). The van der Waals surface area contributed by atoms with Gasteiger partial charge in [-0.2, -0.15) is 0 Å². The molecule has 1 aromatic heterocycles. The molecular weight excluding hydrogens is 290 g/mol. The normalized spacial score (nSPS) is 10.0. The number of ether oxygens (including phenoxy) is 3. The molecule has 0 aliphatic heterocycles. The van der Waals surface area contributed by atoms with Crippen molar-refractivity contribution in [2.24, 2.45) is 0 Å². The highest BCUT2D eigenvalue weighted by molar-refractivity contribution is 7.80. The number of furan rings is 1. The third-order valence-electron chi connectivity index (χ3n) is 2.93. The van der Waals surface area contributed by atoms with E-state index in [1.165, 1.54) is 0 Å². The Kier molecular flexibility index (Phi) is 5.05. The van der Waals surface area contributed by atoms with Crippen LogP contribution in [-0.4, -0.2) is 26.3 Å². The van der Waals surface area contributed by atoms with E-state index in [-0.39, 0.29) is 0 Å². The van der Waals surface area contributed by atoms with Gasteiger partial charge >= 0.3 is 0 Å². The van der Waals surface area contributed by atoms with Crippen LogP contribution < -0.4 is 19.5 Å². The highest BCUT2D eigenvalue weighted by Crippen LogP contribution is 2.38. The Morgan fingerprint density at radius 1 is 1.14 bits per heavy atom. The summed E-state index contributed by atoms with van der Waals surface area (Å²) in [6.45, 7) is 0.516. The largest absolute Gasteiger partial charge is 0.493 e. The number of methoxy groups -OCH3 is 3. The van der Waals surface area contributed by atoms with Gasteiger partial charge in [0.15, 0.2) is 11.5 Å². The summed E-state index contributed by atoms with van der Waals surface area (Å²) in [6, 6.07) is 7.32. The maximum absolute atomic E-state index is 5.38. The van der Waals surface area contributed by atoms with E-state index in [1.807, 2.05) is 12.1 Å². The Balaban J connectivity index is 2.20. The maximum Gasteiger partial charge on any atom is 0.203 e. The van der Waals surface area contributed by atoms with Gasteiger partial charge in [-0.15, -0.1) is 0 Å². The van der Waals surface area contributed by atoms with Crippen LogP contribution in [-0.2, 0) is 6.54 Å². The number of rotatable bonds is 6. The molecule has 5 nitrogen and oxygen atoms in total. The standard InChI is InChI=1S/C15H17NO4S/c1-17-12-7-10(8-13(18-2)14(12)19-3)15(21)16-9-11-5-4-6-20-11/h4-8H,9H2,1-3H3,(H,16,21). The van der Waals surface area contributed by atoms with Crippen LogP contribution in [0.15, 0.2) is 34.9 Å². The first-order valence-corrected chi connectivity index (χ1v) is 6.71. The number of thiocarbonyl (C=S) groups is 1. The second kappa shape index (κ2) is 6.99. The van der Waals surface area contributed by atoms with E-state index in [0.29, 0.717) is 28.8 Å². The van der Waals surface area contributed by atoms with Crippen LogP contribution in [0.25, 0.3) is 0 Å². The van der Waals surface area contributed by atoms with Gasteiger partial charge in [-0.1, -0.05) is 12.2 Å². The average Bonchev–Trinajstić information content (AvgIpc) is 3.04. The van der Waals surface area contributed by atoms with Crippen LogP contribution in [0.5, 0.6) is 17.2 Å². The predicted molar refractivity (Wildman–Crippen MR) is 83.3 cm³/mol. The SMILES string of the molecule is COc1cc(C(=S)NCc2ccco2)cc(OC)c1OC. The molecule has 0 fully saturated rings. The second-order valence-corrected chi connectivity index (χ2v) is 4.58. The van der Waals surface area contributed by atoms with Crippen molar-refractivity contribution in [3.8, 4) is 17.2 Å². The van der Waals surface area contributed by atoms with Gasteiger partial charge in [-0.25, -0.2) is 0 Å². The van der Waals surface area contributed by atoms with E-state index >= 15 is 0 Å². The van der Waals surface area contributed by atoms with Gasteiger partial charge in [0.25, 0.3) is 0 Å². The molecule has 21 heavy (non-hydrogen) atoms. The first kappa shape index (κ1) is 15.2. The predicted octanol–water partition coefficient (Wildman–Crippen LogP) is 2.77. The maximum atomic E-state index is 5.38. The summed E-state index contributed by atoms with van der Waals surface area (Å²) in [5.41, 5.74) is 0.783. The molecule has 0 saturated heterocycles. The number of nitrogens with one attached hydrogen (secondary N) is 1. The summed E-state index contributed by atoms with van der Waals surface area (Å²) < 4.78 is 21.2. The van der Waals surface area contributed by atoms with E-state index in [2.05, 4.69) is 5.32 Å². The van der Waals surface area contributed by atoms with Crippen LogP contribution in [0.2, 0.25) is 0 Å². The lowest BCUT2D eigenvalue weighted by Gasteiger charge is -2.15.